The number of aliphatic imine (C=N–C) groups is 2. The standard InChI is InChI=1S/C6H11IN2/c1-5(2)9-4-6(7)8-3/h4-5H,1-3H3/b8-6+,9-4-. The second kappa shape index (κ2) is 4.90. The van der Waals surface area contributed by atoms with Crippen LogP contribution >= 0.6 is 22.6 Å². The summed E-state index contributed by atoms with van der Waals surface area (Å²) in [6, 6.07) is 0.372. The third-order valence-electron chi connectivity index (χ3n) is 0.693. The van der Waals surface area contributed by atoms with E-state index in [1.807, 2.05) is 13.8 Å². The first-order chi connectivity index (χ1) is 4.16. The first-order valence-corrected chi connectivity index (χ1v) is 3.90. The van der Waals surface area contributed by atoms with E-state index in [0.717, 1.165) is 3.72 Å². The minimum absolute atomic E-state index is 0.372. The Labute approximate surface area is 69.6 Å². The van der Waals surface area contributed by atoms with Crippen LogP contribution in [-0.4, -0.2) is 23.0 Å². The van der Waals surface area contributed by atoms with Crippen molar-refractivity contribution in [3.63, 3.8) is 0 Å². The van der Waals surface area contributed by atoms with Crippen LogP contribution in [0, 0.1) is 0 Å². The van der Waals surface area contributed by atoms with Crippen molar-refractivity contribution in [3.05, 3.63) is 0 Å². The number of hydrogen-bond acceptors (Lipinski definition) is 2. The molecule has 0 bridgehead atoms. The minimum Gasteiger partial charge on any atom is -0.288 e. The van der Waals surface area contributed by atoms with E-state index in [2.05, 4.69) is 32.6 Å². The summed E-state index contributed by atoms with van der Waals surface area (Å²) in [6.07, 6.45) is 1.78. The van der Waals surface area contributed by atoms with E-state index in [9.17, 15) is 0 Å². The van der Waals surface area contributed by atoms with Crippen LogP contribution in [0.15, 0.2) is 9.98 Å². The van der Waals surface area contributed by atoms with Gasteiger partial charge in [0.2, 0.25) is 0 Å². The van der Waals surface area contributed by atoms with Crippen molar-refractivity contribution in [2.45, 2.75) is 19.9 Å². The quantitative estimate of drug-likeness (QED) is 0.518. The van der Waals surface area contributed by atoms with Gasteiger partial charge in [-0.15, -0.1) is 0 Å². The highest BCUT2D eigenvalue weighted by molar-refractivity contribution is 14.1. The normalized spacial score (nSPS) is 13.7. The van der Waals surface area contributed by atoms with Crippen molar-refractivity contribution in [1.82, 2.24) is 0 Å². The van der Waals surface area contributed by atoms with Gasteiger partial charge >= 0.3 is 0 Å². The van der Waals surface area contributed by atoms with Crippen molar-refractivity contribution in [2.24, 2.45) is 9.98 Å². The van der Waals surface area contributed by atoms with Gasteiger partial charge in [-0.25, -0.2) is 0 Å². The predicted molar refractivity (Wildman–Crippen MR) is 51.0 cm³/mol. The number of rotatable bonds is 2. The van der Waals surface area contributed by atoms with Crippen molar-refractivity contribution in [3.8, 4) is 0 Å². The zero-order valence-corrected chi connectivity index (χ0v) is 8.08. The topological polar surface area (TPSA) is 24.7 Å². The summed E-state index contributed by atoms with van der Waals surface area (Å²) >= 11 is 2.14. The van der Waals surface area contributed by atoms with Crippen LogP contribution in [0.5, 0.6) is 0 Å². The summed E-state index contributed by atoms with van der Waals surface area (Å²) < 4.78 is 0.946. The van der Waals surface area contributed by atoms with Crippen LogP contribution in [-0.2, 0) is 0 Å². The van der Waals surface area contributed by atoms with Gasteiger partial charge in [-0.05, 0) is 36.4 Å². The van der Waals surface area contributed by atoms with E-state index < -0.39 is 0 Å². The van der Waals surface area contributed by atoms with Gasteiger partial charge in [-0.3, -0.25) is 9.98 Å². The molecule has 0 heterocycles. The zero-order valence-electron chi connectivity index (χ0n) is 5.93. The van der Waals surface area contributed by atoms with Crippen molar-refractivity contribution < 1.29 is 0 Å². The first kappa shape index (κ1) is 9.07. The highest BCUT2D eigenvalue weighted by Gasteiger charge is 1.85. The minimum atomic E-state index is 0.372. The Balaban J connectivity index is 3.71. The molecule has 0 aliphatic carbocycles. The van der Waals surface area contributed by atoms with Gasteiger partial charge in [0.15, 0.2) is 0 Å². The number of hydrogen-bond donors (Lipinski definition) is 0. The highest BCUT2D eigenvalue weighted by atomic mass is 127. The van der Waals surface area contributed by atoms with Gasteiger partial charge in [0, 0.05) is 13.1 Å². The molecule has 9 heavy (non-hydrogen) atoms. The molecule has 0 rings (SSSR count). The van der Waals surface area contributed by atoms with Crippen LogP contribution in [0.2, 0.25) is 0 Å². The molecule has 0 spiro atoms. The predicted octanol–water partition coefficient (Wildman–Crippen LogP) is 1.93. The van der Waals surface area contributed by atoms with Crippen molar-refractivity contribution in [1.29, 1.82) is 0 Å². The van der Waals surface area contributed by atoms with Crippen molar-refractivity contribution in [2.75, 3.05) is 7.05 Å². The van der Waals surface area contributed by atoms with Gasteiger partial charge in [0.05, 0.1) is 6.21 Å². The average molecular weight is 238 g/mol. The molecule has 2 nitrogen and oxygen atoms in total. The lowest BCUT2D eigenvalue weighted by Crippen LogP contribution is -1.93. The summed E-state index contributed by atoms with van der Waals surface area (Å²) in [4.78, 5) is 8.05. The van der Waals surface area contributed by atoms with E-state index >= 15 is 0 Å². The zero-order chi connectivity index (χ0) is 7.28. The van der Waals surface area contributed by atoms with Crippen LogP contribution in [0.25, 0.3) is 0 Å². The Morgan fingerprint density at radius 2 is 2.11 bits per heavy atom. The molecule has 52 valence electrons. The van der Waals surface area contributed by atoms with E-state index in [1.165, 1.54) is 0 Å². The van der Waals surface area contributed by atoms with E-state index in [-0.39, 0.29) is 0 Å². The molecule has 0 radical (unpaired) electrons. The molecule has 0 saturated heterocycles. The third-order valence-corrected chi connectivity index (χ3v) is 1.45. The Kier molecular flexibility index (Phi) is 4.94. The number of nitrogens with zero attached hydrogens (tertiary/aromatic N) is 2. The molecule has 0 unspecified atom stereocenters. The maximum absolute atomic E-state index is 4.13. The van der Waals surface area contributed by atoms with Gasteiger partial charge in [0.25, 0.3) is 0 Å². The summed E-state index contributed by atoms with van der Waals surface area (Å²) in [5.74, 6) is 0. The lowest BCUT2D eigenvalue weighted by molar-refractivity contribution is 0.843. The lowest BCUT2D eigenvalue weighted by Gasteiger charge is -1.91. The molecular weight excluding hydrogens is 227 g/mol. The Hall–Kier alpha value is 0.0700. The maximum Gasteiger partial charge on any atom is 0.113 e. The molecule has 0 saturated carbocycles. The molecule has 0 aromatic rings. The van der Waals surface area contributed by atoms with Crippen molar-refractivity contribution >= 4 is 32.5 Å². The molecule has 0 amide bonds. The van der Waals surface area contributed by atoms with E-state index in [4.69, 9.17) is 0 Å². The molecule has 0 aromatic carbocycles. The van der Waals surface area contributed by atoms with Crippen LogP contribution in [0.1, 0.15) is 13.8 Å². The fourth-order valence-electron chi connectivity index (χ4n) is 0.268. The molecule has 0 atom stereocenters. The van der Waals surface area contributed by atoms with E-state index in [1.54, 1.807) is 13.3 Å². The molecule has 0 aromatic heterocycles. The fourth-order valence-corrected chi connectivity index (χ4v) is 0.429. The molecule has 0 aliphatic rings. The van der Waals surface area contributed by atoms with Gasteiger partial charge in [0.1, 0.15) is 3.72 Å². The van der Waals surface area contributed by atoms with Crippen LogP contribution in [0.4, 0.5) is 0 Å². The lowest BCUT2D eigenvalue weighted by atomic mass is 10.4. The highest BCUT2D eigenvalue weighted by Crippen LogP contribution is 1.88. The second-order valence-corrected chi connectivity index (χ2v) is 3.02. The van der Waals surface area contributed by atoms with Gasteiger partial charge in [-0.1, -0.05) is 0 Å². The smallest absolute Gasteiger partial charge is 0.113 e. The Bertz CT molecular complexity index is 127. The fraction of sp³-hybridized carbons (Fsp3) is 0.667. The summed E-state index contributed by atoms with van der Waals surface area (Å²) in [6.45, 7) is 4.08. The largest absolute Gasteiger partial charge is 0.288 e. The van der Waals surface area contributed by atoms with Crippen LogP contribution in [0.3, 0.4) is 0 Å². The molecular formula is C6H11IN2. The summed E-state index contributed by atoms with van der Waals surface area (Å²) in [5, 5.41) is 0. The monoisotopic (exact) mass is 238 g/mol. The van der Waals surface area contributed by atoms with Gasteiger partial charge in [-0.2, -0.15) is 0 Å². The molecule has 3 heteroatoms. The first-order valence-electron chi connectivity index (χ1n) is 2.82. The Morgan fingerprint density at radius 1 is 1.56 bits per heavy atom. The third kappa shape index (κ3) is 5.95. The SMILES string of the molecule is C/N=C(I)\C=N/C(C)C. The molecule has 0 aliphatic heterocycles. The number of halogens is 1. The summed E-state index contributed by atoms with van der Waals surface area (Å²) in [5.41, 5.74) is 0. The molecule has 0 fully saturated rings. The van der Waals surface area contributed by atoms with E-state index in [0.29, 0.717) is 6.04 Å². The average Bonchev–Trinajstić information content (AvgIpc) is 1.83. The maximum atomic E-state index is 4.13. The van der Waals surface area contributed by atoms with Crippen LogP contribution < -0.4 is 0 Å². The summed E-state index contributed by atoms with van der Waals surface area (Å²) in [7, 11) is 1.76. The molecule has 0 N–H and O–H groups in total. The van der Waals surface area contributed by atoms with Gasteiger partial charge < -0.3 is 0 Å². The Morgan fingerprint density at radius 3 is 2.44 bits per heavy atom. The second-order valence-electron chi connectivity index (χ2n) is 1.92.